The van der Waals surface area contributed by atoms with E-state index >= 15 is 0 Å². The number of anilines is 1. The van der Waals surface area contributed by atoms with E-state index in [1.165, 1.54) is 0 Å². The fourth-order valence-electron chi connectivity index (χ4n) is 3.71. The van der Waals surface area contributed by atoms with Gasteiger partial charge in [-0.3, -0.25) is 9.59 Å². The number of amides is 2. The highest BCUT2D eigenvalue weighted by Crippen LogP contribution is 2.21. The molecule has 32 heavy (non-hydrogen) atoms. The first kappa shape index (κ1) is 23.9. The van der Waals surface area contributed by atoms with E-state index in [0.29, 0.717) is 42.2 Å². The fourth-order valence-corrected chi connectivity index (χ4v) is 5.23. The molecule has 2 aromatic carbocycles. The first-order valence-electron chi connectivity index (χ1n) is 11.2. The summed E-state index contributed by atoms with van der Waals surface area (Å²) in [6.07, 6.45) is 4.74. The van der Waals surface area contributed by atoms with Crippen LogP contribution in [-0.4, -0.2) is 44.2 Å². The second-order valence-electron chi connectivity index (χ2n) is 7.95. The zero-order valence-corrected chi connectivity index (χ0v) is 19.3. The number of benzene rings is 2. The van der Waals surface area contributed by atoms with Crippen molar-refractivity contribution < 1.29 is 18.0 Å². The van der Waals surface area contributed by atoms with Gasteiger partial charge in [0, 0.05) is 37.3 Å². The van der Waals surface area contributed by atoms with Gasteiger partial charge in [0.15, 0.2) is 0 Å². The Morgan fingerprint density at radius 1 is 0.906 bits per heavy atom. The minimum Gasteiger partial charge on any atom is -0.352 e. The minimum absolute atomic E-state index is 0.142. The van der Waals surface area contributed by atoms with Gasteiger partial charge in [0.1, 0.15) is 0 Å². The van der Waals surface area contributed by atoms with Crippen molar-refractivity contribution in [2.75, 3.05) is 25.0 Å². The Morgan fingerprint density at radius 3 is 2.12 bits per heavy atom. The molecule has 1 fully saturated rings. The number of nitrogens with one attached hydrogen (secondary N) is 2. The average molecular weight is 458 g/mol. The molecule has 0 unspecified atom stereocenters. The Bertz CT molecular complexity index is 1010. The third-order valence-corrected chi connectivity index (χ3v) is 7.45. The standard InChI is InChI=1S/C24H31N3O4S/c1-2-25-24(29)20-10-12-21(13-11-20)26-23(28)16-9-19-7-14-22(15-8-19)32(30,31)27-17-5-3-4-6-18-27/h7-8,10-15H,2-6,9,16-18H2,1H3,(H,25,29)(H,26,28). The number of hydrogen-bond donors (Lipinski definition) is 2. The van der Waals surface area contributed by atoms with Crippen molar-refractivity contribution in [1.29, 1.82) is 0 Å². The van der Waals surface area contributed by atoms with E-state index in [0.717, 1.165) is 31.2 Å². The molecule has 1 heterocycles. The number of hydrogen-bond acceptors (Lipinski definition) is 4. The molecule has 1 aliphatic heterocycles. The summed E-state index contributed by atoms with van der Waals surface area (Å²) in [5.41, 5.74) is 2.07. The molecule has 7 nitrogen and oxygen atoms in total. The summed E-state index contributed by atoms with van der Waals surface area (Å²) in [7, 11) is -3.46. The average Bonchev–Trinajstić information content (AvgIpc) is 3.09. The molecule has 2 amide bonds. The van der Waals surface area contributed by atoms with Gasteiger partial charge in [-0.1, -0.05) is 25.0 Å². The normalized spacial score (nSPS) is 15.0. The molecule has 0 bridgehead atoms. The van der Waals surface area contributed by atoms with Crippen LogP contribution in [0, 0.1) is 0 Å². The van der Waals surface area contributed by atoms with Crippen molar-refractivity contribution >= 4 is 27.5 Å². The van der Waals surface area contributed by atoms with Gasteiger partial charge in [-0.2, -0.15) is 4.31 Å². The van der Waals surface area contributed by atoms with E-state index in [1.807, 2.05) is 6.92 Å². The van der Waals surface area contributed by atoms with E-state index < -0.39 is 10.0 Å². The van der Waals surface area contributed by atoms with E-state index in [4.69, 9.17) is 0 Å². The maximum absolute atomic E-state index is 12.9. The second-order valence-corrected chi connectivity index (χ2v) is 9.89. The lowest BCUT2D eigenvalue weighted by atomic mass is 10.1. The van der Waals surface area contributed by atoms with Gasteiger partial charge in [-0.25, -0.2) is 8.42 Å². The highest BCUT2D eigenvalue weighted by molar-refractivity contribution is 7.89. The maximum Gasteiger partial charge on any atom is 0.251 e. The van der Waals surface area contributed by atoms with Gasteiger partial charge >= 0.3 is 0 Å². The fraction of sp³-hybridized carbons (Fsp3) is 0.417. The third-order valence-electron chi connectivity index (χ3n) is 5.54. The molecule has 1 aliphatic rings. The van der Waals surface area contributed by atoms with E-state index in [1.54, 1.807) is 52.8 Å². The van der Waals surface area contributed by atoms with Crippen molar-refractivity contribution in [3.05, 3.63) is 59.7 Å². The van der Waals surface area contributed by atoms with Crippen molar-refractivity contribution in [3.63, 3.8) is 0 Å². The van der Waals surface area contributed by atoms with Crippen molar-refractivity contribution in [1.82, 2.24) is 9.62 Å². The molecule has 0 spiro atoms. The van der Waals surface area contributed by atoms with E-state index in [-0.39, 0.29) is 18.2 Å². The van der Waals surface area contributed by atoms with Gasteiger partial charge in [-0.05, 0) is 68.1 Å². The predicted molar refractivity (Wildman–Crippen MR) is 125 cm³/mol. The quantitative estimate of drug-likeness (QED) is 0.633. The number of aryl methyl sites for hydroxylation is 1. The van der Waals surface area contributed by atoms with Crippen molar-refractivity contribution in [2.45, 2.75) is 50.3 Å². The summed E-state index contributed by atoms with van der Waals surface area (Å²) in [4.78, 5) is 24.4. The third kappa shape index (κ3) is 6.40. The minimum atomic E-state index is -3.46. The van der Waals surface area contributed by atoms with Gasteiger partial charge in [-0.15, -0.1) is 0 Å². The van der Waals surface area contributed by atoms with Crippen molar-refractivity contribution in [3.8, 4) is 0 Å². The SMILES string of the molecule is CCNC(=O)c1ccc(NC(=O)CCc2ccc(S(=O)(=O)N3CCCCCC3)cc2)cc1. The lowest BCUT2D eigenvalue weighted by Crippen LogP contribution is -2.31. The molecule has 172 valence electrons. The van der Waals surface area contributed by atoms with Crippen LogP contribution in [0.5, 0.6) is 0 Å². The van der Waals surface area contributed by atoms with E-state index in [2.05, 4.69) is 10.6 Å². The summed E-state index contributed by atoms with van der Waals surface area (Å²) in [5.74, 6) is -0.288. The molecule has 3 rings (SSSR count). The van der Waals surface area contributed by atoms with Gasteiger partial charge < -0.3 is 10.6 Å². The highest BCUT2D eigenvalue weighted by Gasteiger charge is 2.24. The molecule has 1 saturated heterocycles. The molecule has 0 aliphatic carbocycles. The van der Waals surface area contributed by atoms with Crippen LogP contribution in [0.15, 0.2) is 53.4 Å². The van der Waals surface area contributed by atoms with E-state index in [9.17, 15) is 18.0 Å². The van der Waals surface area contributed by atoms with Crippen LogP contribution >= 0.6 is 0 Å². The number of carbonyl (C=O) groups is 2. The summed E-state index contributed by atoms with van der Waals surface area (Å²) in [6, 6.07) is 13.6. The Kier molecular flexibility index (Phi) is 8.41. The topological polar surface area (TPSA) is 95.6 Å². The molecule has 8 heteroatoms. The zero-order chi connectivity index (χ0) is 23.0. The second kappa shape index (κ2) is 11.2. The zero-order valence-electron chi connectivity index (χ0n) is 18.5. The summed E-state index contributed by atoms with van der Waals surface area (Å²) >= 11 is 0. The molecule has 2 aromatic rings. The Balaban J connectivity index is 1.52. The van der Waals surface area contributed by atoms with Gasteiger partial charge in [0.25, 0.3) is 5.91 Å². The van der Waals surface area contributed by atoms with Crippen LogP contribution in [0.25, 0.3) is 0 Å². The lowest BCUT2D eigenvalue weighted by molar-refractivity contribution is -0.116. The molecule has 0 radical (unpaired) electrons. The lowest BCUT2D eigenvalue weighted by Gasteiger charge is -2.20. The summed E-state index contributed by atoms with van der Waals surface area (Å²) in [6.45, 7) is 3.57. The van der Waals surface area contributed by atoms with Crippen LogP contribution in [0.3, 0.4) is 0 Å². The number of nitrogens with zero attached hydrogens (tertiary/aromatic N) is 1. The first-order valence-corrected chi connectivity index (χ1v) is 12.6. The molecular formula is C24H31N3O4S. The molecule has 0 aromatic heterocycles. The smallest absolute Gasteiger partial charge is 0.251 e. The first-order chi connectivity index (χ1) is 15.4. The summed E-state index contributed by atoms with van der Waals surface area (Å²) < 4.78 is 27.3. The Labute approximate surface area is 190 Å². The largest absolute Gasteiger partial charge is 0.352 e. The monoisotopic (exact) mass is 457 g/mol. The Hall–Kier alpha value is -2.71. The molecular weight excluding hydrogens is 426 g/mol. The predicted octanol–water partition coefficient (Wildman–Crippen LogP) is 3.57. The van der Waals surface area contributed by atoms with Crippen LogP contribution in [-0.2, 0) is 21.2 Å². The number of sulfonamides is 1. The highest BCUT2D eigenvalue weighted by atomic mass is 32.2. The molecule has 0 saturated carbocycles. The van der Waals surface area contributed by atoms with Crippen molar-refractivity contribution in [2.24, 2.45) is 0 Å². The van der Waals surface area contributed by atoms with Crippen LogP contribution in [0.2, 0.25) is 0 Å². The van der Waals surface area contributed by atoms with Gasteiger partial charge in [0.05, 0.1) is 4.90 Å². The summed E-state index contributed by atoms with van der Waals surface area (Å²) in [5, 5.41) is 5.55. The van der Waals surface area contributed by atoms with Gasteiger partial charge in [0.2, 0.25) is 15.9 Å². The molecule has 2 N–H and O–H groups in total. The number of rotatable bonds is 8. The molecule has 0 atom stereocenters. The Morgan fingerprint density at radius 2 is 1.53 bits per heavy atom. The van der Waals surface area contributed by atoms with Crippen LogP contribution in [0.4, 0.5) is 5.69 Å². The maximum atomic E-state index is 12.9. The van der Waals surface area contributed by atoms with Crippen LogP contribution < -0.4 is 10.6 Å². The van der Waals surface area contributed by atoms with Crippen LogP contribution in [0.1, 0.15) is 54.9 Å². The number of carbonyl (C=O) groups excluding carboxylic acids is 2.